The second-order valence-corrected chi connectivity index (χ2v) is 7.74. The van der Waals surface area contributed by atoms with Crippen LogP contribution in [0.5, 0.6) is 5.75 Å². The highest BCUT2D eigenvalue weighted by atomic mass is 16.6. The molecule has 29 heavy (non-hydrogen) atoms. The van der Waals surface area contributed by atoms with E-state index >= 15 is 0 Å². The first-order valence-electron chi connectivity index (χ1n) is 9.28. The highest BCUT2D eigenvalue weighted by Gasteiger charge is 2.48. The van der Waals surface area contributed by atoms with Crippen molar-refractivity contribution >= 4 is 12.1 Å². The molecule has 1 saturated heterocycles. The Morgan fingerprint density at radius 3 is 2.14 bits per heavy atom. The fourth-order valence-electron chi connectivity index (χ4n) is 3.27. The lowest BCUT2D eigenvalue weighted by molar-refractivity contribution is -0.316. The van der Waals surface area contributed by atoms with Gasteiger partial charge in [-0.3, -0.25) is 4.90 Å². The highest BCUT2D eigenvalue weighted by Crippen LogP contribution is 2.44. The van der Waals surface area contributed by atoms with Crippen LogP contribution in [-0.4, -0.2) is 35.8 Å². The van der Waals surface area contributed by atoms with Crippen molar-refractivity contribution in [2.45, 2.75) is 44.7 Å². The third-order valence-electron chi connectivity index (χ3n) is 4.49. The van der Waals surface area contributed by atoms with E-state index in [0.717, 1.165) is 0 Å². The molecule has 154 valence electrons. The number of methoxy groups -OCH3 is 1. The number of benzene rings is 2. The zero-order chi connectivity index (χ0) is 21.2. The number of carboxylic acids is 1. The van der Waals surface area contributed by atoms with Crippen LogP contribution in [0.4, 0.5) is 4.79 Å². The molecule has 0 N–H and O–H groups in total. The number of carbonyl (C=O) groups excluding carboxylic acids is 2. The first-order valence-corrected chi connectivity index (χ1v) is 9.28. The van der Waals surface area contributed by atoms with Crippen LogP contribution in [0.1, 0.15) is 44.2 Å². The molecule has 1 amide bonds. The van der Waals surface area contributed by atoms with Gasteiger partial charge in [0.2, 0.25) is 0 Å². The van der Waals surface area contributed by atoms with Crippen LogP contribution in [-0.2, 0) is 14.3 Å². The Balaban J connectivity index is 2.07. The molecule has 1 aliphatic heterocycles. The largest absolute Gasteiger partial charge is 0.547 e. The summed E-state index contributed by atoms with van der Waals surface area (Å²) in [6.45, 7) is 5.24. The van der Waals surface area contributed by atoms with Crippen molar-refractivity contribution in [3.05, 3.63) is 65.7 Å². The molecule has 0 aliphatic carbocycles. The van der Waals surface area contributed by atoms with Crippen LogP contribution in [0, 0.1) is 0 Å². The van der Waals surface area contributed by atoms with E-state index in [1.807, 2.05) is 6.07 Å². The van der Waals surface area contributed by atoms with Gasteiger partial charge in [0.15, 0.2) is 6.23 Å². The van der Waals surface area contributed by atoms with Gasteiger partial charge in [-0.15, -0.1) is 0 Å². The SMILES string of the molecule is COc1ccc([C@H]2O[C@@H](C(=O)[O-])[C@H](c3ccccc3)N2C(=O)OC(C)(C)C)cc1. The van der Waals surface area contributed by atoms with Crippen LogP contribution in [0.3, 0.4) is 0 Å². The Morgan fingerprint density at radius 2 is 1.62 bits per heavy atom. The van der Waals surface area contributed by atoms with Crippen LogP contribution in [0.25, 0.3) is 0 Å². The van der Waals surface area contributed by atoms with Crippen molar-refractivity contribution in [3.63, 3.8) is 0 Å². The molecule has 3 rings (SSSR count). The van der Waals surface area contributed by atoms with Gasteiger partial charge in [-0.05, 0) is 38.5 Å². The first kappa shape index (κ1) is 20.7. The van der Waals surface area contributed by atoms with Gasteiger partial charge in [0.05, 0.1) is 19.1 Å². The van der Waals surface area contributed by atoms with E-state index < -0.39 is 36.0 Å². The van der Waals surface area contributed by atoms with Gasteiger partial charge in [-0.25, -0.2) is 4.79 Å². The van der Waals surface area contributed by atoms with Crippen molar-refractivity contribution in [1.82, 2.24) is 4.90 Å². The summed E-state index contributed by atoms with van der Waals surface area (Å²) in [5.74, 6) is -0.768. The average molecular weight is 398 g/mol. The molecule has 7 nitrogen and oxygen atoms in total. The van der Waals surface area contributed by atoms with Crippen LogP contribution < -0.4 is 9.84 Å². The number of amides is 1. The molecule has 0 unspecified atom stereocenters. The van der Waals surface area contributed by atoms with E-state index in [1.165, 1.54) is 4.90 Å². The van der Waals surface area contributed by atoms with Gasteiger partial charge in [-0.1, -0.05) is 42.5 Å². The predicted octanol–water partition coefficient (Wildman–Crippen LogP) is 2.82. The maximum Gasteiger partial charge on any atom is 0.413 e. The lowest BCUT2D eigenvalue weighted by atomic mass is 10.0. The van der Waals surface area contributed by atoms with Crippen LogP contribution >= 0.6 is 0 Å². The summed E-state index contributed by atoms with van der Waals surface area (Å²) >= 11 is 0. The lowest BCUT2D eigenvalue weighted by Gasteiger charge is -2.32. The number of carbonyl (C=O) groups is 2. The minimum Gasteiger partial charge on any atom is -0.547 e. The van der Waals surface area contributed by atoms with Crippen molar-refractivity contribution in [2.75, 3.05) is 7.11 Å². The lowest BCUT2D eigenvalue weighted by Crippen LogP contribution is -2.43. The summed E-state index contributed by atoms with van der Waals surface area (Å²) in [6, 6.07) is 14.8. The molecule has 0 spiro atoms. The average Bonchev–Trinajstić information content (AvgIpc) is 3.08. The summed E-state index contributed by atoms with van der Waals surface area (Å²) in [5, 5.41) is 11.9. The number of hydrogen-bond acceptors (Lipinski definition) is 6. The topological polar surface area (TPSA) is 88.1 Å². The fourth-order valence-corrected chi connectivity index (χ4v) is 3.27. The molecule has 0 aromatic heterocycles. The summed E-state index contributed by atoms with van der Waals surface area (Å²) in [4.78, 5) is 26.3. The normalized spacial score (nSPS) is 21.7. The molecule has 0 radical (unpaired) electrons. The van der Waals surface area contributed by atoms with E-state index in [9.17, 15) is 14.7 Å². The number of rotatable bonds is 4. The maximum atomic E-state index is 13.1. The molecule has 1 heterocycles. The number of ether oxygens (including phenoxy) is 3. The Morgan fingerprint density at radius 1 is 1.00 bits per heavy atom. The molecule has 1 aliphatic rings. The molecule has 3 atom stereocenters. The van der Waals surface area contributed by atoms with E-state index in [-0.39, 0.29) is 0 Å². The van der Waals surface area contributed by atoms with Gasteiger partial charge >= 0.3 is 6.09 Å². The Kier molecular flexibility index (Phi) is 5.79. The number of aliphatic carboxylic acids is 1. The van der Waals surface area contributed by atoms with Gasteiger partial charge < -0.3 is 24.1 Å². The number of hydrogen-bond donors (Lipinski definition) is 0. The maximum absolute atomic E-state index is 13.1. The van der Waals surface area contributed by atoms with Gasteiger partial charge in [-0.2, -0.15) is 0 Å². The highest BCUT2D eigenvalue weighted by molar-refractivity contribution is 5.76. The number of nitrogens with zero attached hydrogens (tertiary/aromatic N) is 1. The smallest absolute Gasteiger partial charge is 0.413 e. The standard InChI is InChI=1S/C22H25NO6/c1-22(2,3)29-21(26)23-17(14-8-6-5-7-9-14)18(20(24)25)28-19(23)15-10-12-16(27-4)13-11-15/h5-13,17-19H,1-4H3,(H,24,25)/p-1/t17-,18+,19+/m0/s1. The van der Waals surface area contributed by atoms with E-state index in [1.54, 1.807) is 76.4 Å². The van der Waals surface area contributed by atoms with Crippen molar-refractivity contribution < 1.29 is 28.9 Å². The quantitative estimate of drug-likeness (QED) is 0.787. The molecule has 1 fully saturated rings. The van der Waals surface area contributed by atoms with E-state index in [0.29, 0.717) is 16.9 Å². The summed E-state index contributed by atoms with van der Waals surface area (Å²) in [7, 11) is 1.55. The Bertz CT molecular complexity index is 859. The zero-order valence-corrected chi connectivity index (χ0v) is 16.8. The molecular formula is C22H24NO6-. The molecule has 2 aromatic carbocycles. The van der Waals surface area contributed by atoms with E-state index in [2.05, 4.69) is 0 Å². The third-order valence-corrected chi connectivity index (χ3v) is 4.49. The third kappa shape index (κ3) is 4.51. The molecule has 0 saturated carbocycles. The second kappa shape index (κ2) is 8.13. The van der Waals surface area contributed by atoms with Gasteiger partial charge in [0, 0.05) is 5.56 Å². The Labute approximate surface area is 169 Å². The first-order chi connectivity index (χ1) is 13.7. The summed E-state index contributed by atoms with van der Waals surface area (Å²) < 4.78 is 16.6. The minimum atomic E-state index is -1.40. The van der Waals surface area contributed by atoms with Crippen molar-refractivity contribution in [3.8, 4) is 5.75 Å². The molecular weight excluding hydrogens is 374 g/mol. The zero-order valence-electron chi connectivity index (χ0n) is 16.8. The van der Waals surface area contributed by atoms with Crippen LogP contribution in [0.2, 0.25) is 0 Å². The monoisotopic (exact) mass is 398 g/mol. The molecule has 0 bridgehead atoms. The molecule has 2 aromatic rings. The predicted molar refractivity (Wildman–Crippen MR) is 103 cm³/mol. The van der Waals surface area contributed by atoms with Crippen molar-refractivity contribution in [2.24, 2.45) is 0 Å². The fraction of sp³-hybridized carbons (Fsp3) is 0.364. The van der Waals surface area contributed by atoms with Gasteiger partial charge in [0.25, 0.3) is 0 Å². The Hall–Kier alpha value is -3.06. The van der Waals surface area contributed by atoms with Crippen molar-refractivity contribution in [1.29, 1.82) is 0 Å². The second-order valence-electron chi connectivity index (χ2n) is 7.74. The summed E-state index contributed by atoms with van der Waals surface area (Å²) in [6.07, 6.45) is -2.98. The molecule has 7 heteroatoms. The summed E-state index contributed by atoms with van der Waals surface area (Å²) in [5.41, 5.74) is 0.451. The van der Waals surface area contributed by atoms with Crippen LogP contribution in [0.15, 0.2) is 54.6 Å². The van der Waals surface area contributed by atoms with E-state index in [4.69, 9.17) is 14.2 Å². The van der Waals surface area contributed by atoms with Gasteiger partial charge in [0.1, 0.15) is 17.5 Å². The minimum absolute atomic E-state index is 0.598. The number of carboxylic acid groups (broad SMARTS) is 1.